The normalized spacial score (nSPS) is 15.6. The molecule has 0 bridgehead atoms. The van der Waals surface area contributed by atoms with Crippen molar-refractivity contribution in [1.29, 1.82) is 0 Å². The van der Waals surface area contributed by atoms with Crippen LogP contribution in [0.1, 0.15) is 45.6 Å². The van der Waals surface area contributed by atoms with E-state index in [1.54, 1.807) is 26.0 Å². The quantitative estimate of drug-likeness (QED) is 0.569. The van der Waals surface area contributed by atoms with Gasteiger partial charge in [0, 0.05) is 32.6 Å². The number of carbonyl (C=O) groups excluding carboxylic acids is 1. The number of rotatable bonds is 10. The maximum Gasteiger partial charge on any atom is 0.311 e. The zero-order valence-electron chi connectivity index (χ0n) is 16.7. The Balaban J connectivity index is 1.81. The Bertz CT molecular complexity index is 701. The summed E-state index contributed by atoms with van der Waals surface area (Å²) in [6, 6.07) is 7.23. The van der Waals surface area contributed by atoms with Crippen molar-refractivity contribution in [2.24, 2.45) is 0 Å². The van der Waals surface area contributed by atoms with Gasteiger partial charge in [0.2, 0.25) is 5.91 Å². The number of nitrogens with zero attached hydrogens (tertiary/aromatic N) is 2. The third-order valence-electron chi connectivity index (χ3n) is 4.98. The van der Waals surface area contributed by atoms with Crippen LogP contribution in [0.5, 0.6) is 5.75 Å². The molecular formula is C20H32N2O4S. The fourth-order valence-electron chi connectivity index (χ4n) is 3.02. The molecular weight excluding hydrogens is 364 g/mol. The van der Waals surface area contributed by atoms with Crippen molar-refractivity contribution in [3.05, 3.63) is 29.8 Å². The van der Waals surface area contributed by atoms with E-state index in [0.717, 1.165) is 57.5 Å². The largest absolute Gasteiger partial charge is 0.382 e. The van der Waals surface area contributed by atoms with Crippen LogP contribution in [-0.2, 0) is 21.3 Å². The molecule has 6 nitrogen and oxygen atoms in total. The molecule has 0 unspecified atom stereocenters. The van der Waals surface area contributed by atoms with Crippen LogP contribution in [0.4, 0.5) is 0 Å². The highest BCUT2D eigenvalue weighted by atomic mass is 32.2. The fourth-order valence-corrected chi connectivity index (χ4v) is 3.59. The summed E-state index contributed by atoms with van der Waals surface area (Å²) in [5.74, 6) is 0.632. The van der Waals surface area contributed by atoms with Crippen LogP contribution in [0, 0.1) is 0 Å². The van der Waals surface area contributed by atoms with E-state index in [-0.39, 0.29) is 5.91 Å². The van der Waals surface area contributed by atoms with Gasteiger partial charge in [-0.25, -0.2) is 0 Å². The van der Waals surface area contributed by atoms with Gasteiger partial charge in [-0.05, 0) is 57.4 Å². The Hall–Kier alpha value is -1.60. The van der Waals surface area contributed by atoms with Gasteiger partial charge in [-0.15, -0.1) is 0 Å². The van der Waals surface area contributed by atoms with Gasteiger partial charge in [0.25, 0.3) is 0 Å². The molecule has 0 radical (unpaired) electrons. The van der Waals surface area contributed by atoms with E-state index in [9.17, 15) is 13.2 Å². The van der Waals surface area contributed by atoms with E-state index in [4.69, 9.17) is 4.18 Å². The van der Waals surface area contributed by atoms with Gasteiger partial charge in [0.15, 0.2) is 0 Å². The van der Waals surface area contributed by atoms with Crippen molar-refractivity contribution < 1.29 is 17.4 Å². The van der Waals surface area contributed by atoms with Crippen molar-refractivity contribution >= 4 is 16.0 Å². The van der Waals surface area contributed by atoms with E-state index < -0.39 is 15.4 Å². The highest BCUT2D eigenvalue weighted by Crippen LogP contribution is 2.17. The standard InChI is InChI=1S/C20H32N2O4S/c1-4-21(15-16-22-13-6-5-7-20(22)23)14-12-18-8-10-19(11-9-18)26-27(24,25)17(2)3/h8-11,17H,4-7,12-16H2,1-3H3. The van der Waals surface area contributed by atoms with E-state index >= 15 is 0 Å². The summed E-state index contributed by atoms with van der Waals surface area (Å²) in [7, 11) is -3.56. The van der Waals surface area contributed by atoms with Gasteiger partial charge in [0.05, 0.1) is 5.25 Å². The summed E-state index contributed by atoms with van der Waals surface area (Å²) in [6.07, 6.45) is 3.69. The molecule has 0 spiro atoms. The van der Waals surface area contributed by atoms with Crippen LogP contribution in [-0.4, -0.2) is 62.1 Å². The van der Waals surface area contributed by atoms with E-state index in [2.05, 4.69) is 11.8 Å². The molecule has 27 heavy (non-hydrogen) atoms. The zero-order valence-corrected chi connectivity index (χ0v) is 17.5. The monoisotopic (exact) mass is 396 g/mol. The molecule has 0 saturated carbocycles. The number of amides is 1. The third-order valence-corrected chi connectivity index (χ3v) is 6.56. The van der Waals surface area contributed by atoms with Gasteiger partial charge in [-0.2, -0.15) is 8.42 Å². The van der Waals surface area contributed by atoms with Crippen molar-refractivity contribution in [3.63, 3.8) is 0 Å². The molecule has 7 heteroatoms. The second-order valence-electron chi connectivity index (χ2n) is 7.29. The Morgan fingerprint density at radius 1 is 1.15 bits per heavy atom. The summed E-state index contributed by atoms with van der Waals surface area (Å²) in [4.78, 5) is 16.2. The third kappa shape index (κ3) is 6.81. The molecule has 1 aliphatic heterocycles. The summed E-state index contributed by atoms with van der Waals surface area (Å²) in [6.45, 7) is 9.74. The van der Waals surface area contributed by atoms with Gasteiger partial charge >= 0.3 is 10.1 Å². The minimum absolute atomic E-state index is 0.282. The Morgan fingerprint density at radius 2 is 1.85 bits per heavy atom. The lowest BCUT2D eigenvalue weighted by Gasteiger charge is -2.29. The first kappa shape index (κ1) is 21.7. The van der Waals surface area contributed by atoms with Crippen LogP contribution in [0.25, 0.3) is 0 Å². The van der Waals surface area contributed by atoms with E-state index in [1.165, 1.54) is 0 Å². The molecule has 0 N–H and O–H groups in total. The van der Waals surface area contributed by atoms with Crippen molar-refractivity contribution in [2.45, 2.75) is 51.7 Å². The summed E-state index contributed by atoms with van der Waals surface area (Å²) in [5, 5.41) is -0.568. The highest BCUT2D eigenvalue weighted by Gasteiger charge is 2.19. The van der Waals surface area contributed by atoms with Crippen LogP contribution in [0.3, 0.4) is 0 Å². The van der Waals surface area contributed by atoms with Gasteiger partial charge in [-0.3, -0.25) is 4.79 Å². The highest BCUT2D eigenvalue weighted by molar-refractivity contribution is 7.87. The average Bonchev–Trinajstić information content (AvgIpc) is 2.64. The number of likely N-dealkylation sites (tertiary alicyclic amines) is 1. The van der Waals surface area contributed by atoms with Crippen molar-refractivity contribution in [1.82, 2.24) is 9.80 Å². The van der Waals surface area contributed by atoms with Crippen LogP contribution in [0.15, 0.2) is 24.3 Å². The lowest BCUT2D eigenvalue weighted by molar-refractivity contribution is -0.133. The molecule has 1 heterocycles. The summed E-state index contributed by atoms with van der Waals surface area (Å²) < 4.78 is 28.7. The first-order chi connectivity index (χ1) is 12.8. The molecule has 2 rings (SSSR count). The summed E-state index contributed by atoms with van der Waals surface area (Å²) >= 11 is 0. The Morgan fingerprint density at radius 3 is 2.44 bits per heavy atom. The minimum Gasteiger partial charge on any atom is -0.382 e. The second-order valence-corrected chi connectivity index (χ2v) is 9.39. The number of hydrogen-bond acceptors (Lipinski definition) is 5. The Labute approximate surface area is 163 Å². The second kappa shape index (κ2) is 10.1. The van der Waals surface area contributed by atoms with Crippen LogP contribution >= 0.6 is 0 Å². The molecule has 1 aliphatic rings. The molecule has 0 atom stereocenters. The van der Waals surface area contributed by atoms with Crippen molar-refractivity contribution in [2.75, 3.05) is 32.7 Å². The first-order valence-electron chi connectivity index (χ1n) is 9.84. The molecule has 152 valence electrons. The van der Waals surface area contributed by atoms with Crippen LogP contribution in [0.2, 0.25) is 0 Å². The lowest BCUT2D eigenvalue weighted by atomic mass is 10.1. The maximum absolute atomic E-state index is 11.9. The average molecular weight is 397 g/mol. The van der Waals surface area contributed by atoms with E-state index in [0.29, 0.717) is 12.2 Å². The number of piperidine rings is 1. The van der Waals surface area contributed by atoms with Gasteiger partial charge in [-0.1, -0.05) is 19.1 Å². The molecule has 1 fully saturated rings. The summed E-state index contributed by atoms with van der Waals surface area (Å²) in [5.41, 5.74) is 1.14. The number of carbonyl (C=O) groups is 1. The molecule has 1 aromatic rings. The number of likely N-dealkylation sites (N-methyl/N-ethyl adjacent to an activating group) is 1. The molecule has 1 saturated heterocycles. The van der Waals surface area contributed by atoms with Gasteiger partial charge in [0.1, 0.15) is 5.75 Å². The predicted octanol–water partition coefficient (Wildman–Crippen LogP) is 2.68. The topological polar surface area (TPSA) is 66.9 Å². The molecule has 0 aliphatic carbocycles. The fraction of sp³-hybridized carbons (Fsp3) is 0.650. The van der Waals surface area contributed by atoms with Crippen LogP contribution < -0.4 is 4.18 Å². The number of hydrogen-bond donors (Lipinski definition) is 0. The molecule has 1 amide bonds. The van der Waals surface area contributed by atoms with Crippen molar-refractivity contribution in [3.8, 4) is 5.75 Å². The first-order valence-corrected chi connectivity index (χ1v) is 11.3. The lowest BCUT2D eigenvalue weighted by Crippen LogP contribution is -2.41. The van der Waals surface area contributed by atoms with Gasteiger partial charge < -0.3 is 14.0 Å². The Kier molecular flexibility index (Phi) is 8.10. The minimum atomic E-state index is -3.56. The molecule has 1 aromatic carbocycles. The number of benzene rings is 1. The SMILES string of the molecule is CCN(CCc1ccc(OS(=O)(=O)C(C)C)cc1)CCN1CCCCC1=O. The zero-order chi connectivity index (χ0) is 19.9. The smallest absolute Gasteiger partial charge is 0.311 e. The van der Waals surface area contributed by atoms with E-state index in [1.807, 2.05) is 17.0 Å². The predicted molar refractivity (Wildman–Crippen MR) is 107 cm³/mol. The molecule has 0 aromatic heterocycles. The maximum atomic E-state index is 11.9.